The molecule has 1 aliphatic carbocycles. The van der Waals surface area contributed by atoms with Crippen molar-refractivity contribution in [3.63, 3.8) is 0 Å². The highest BCUT2D eigenvalue weighted by molar-refractivity contribution is 5.33. The molecule has 0 radical (unpaired) electrons. The number of hydrogen-bond donors (Lipinski definition) is 1. The lowest BCUT2D eigenvalue weighted by atomic mass is 9.81. The van der Waals surface area contributed by atoms with Crippen molar-refractivity contribution in [2.45, 2.75) is 52.9 Å². The maximum absolute atomic E-state index is 4.49. The Kier molecular flexibility index (Phi) is 4.56. The van der Waals surface area contributed by atoms with Crippen LogP contribution in [0.2, 0.25) is 0 Å². The van der Waals surface area contributed by atoms with Gasteiger partial charge in [0, 0.05) is 6.54 Å². The van der Waals surface area contributed by atoms with Crippen LogP contribution in [0.3, 0.4) is 0 Å². The standard InChI is InChI=1S/C15H25N3/c1-11-4-6-14(7-5-11)8-9-16-15-10-17-12(2)13(3)18-15/h10-11,14H,4-9H2,1-3H3,(H,16,18). The van der Waals surface area contributed by atoms with E-state index in [1.165, 1.54) is 32.1 Å². The third kappa shape index (κ3) is 3.69. The normalized spacial score (nSPS) is 23.9. The van der Waals surface area contributed by atoms with Crippen LogP contribution in [-0.4, -0.2) is 16.5 Å². The summed E-state index contributed by atoms with van der Waals surface area (Å²) in [4.78, 5) is 8.82. The molecule has 0 atom stereocenters. The first-order valence-corrected chi connectivity index (χ1v) is 7.19. The Morgan fingerprint density at radius 1 is 1.17 bits per heavy atom. The molecule has 18 heavy (non-hydrogen) atoms. The number of aryl methyl sites for hydroxylation is 2. The molecule has 0 spiro atoms. The number of hydrogen-bond acceptors (Lipinski definition) is 3. The summed E-state index contributed by atoms with van der Waals surface area (Å²) in [5, 5.41) is 3.40. The van der Waals surface area contributed by atoms with Gasteiger partial charge in [0.1, 0.15) is 5.82 Å². The van der Waals surface area contributed by atoms with Crippen LogP contribution in [-0.2, 0) is 0 Å². The van der Waals surface area contributed by atoms with Gasteiger partial charge in [-0.15, -0.1) is 0 Å². The van der Waals surface area contributed by atoms with E-state index in [4.69, 9.17) is 0 Å². The third-order valence-electron chi connectivity index (χ3n) is 4.19. The summed E-state index contributed by atoms with van der Waals surface area (Å²) in [6.45, 7) is 7.40. The Hall–Kier alpha value is -1.12. The van der Waals surface area contributed by atoms with E-state index in [9.17, 15) is 0 Å². The summed E-state index contributed by atoms with van der Waals surface area (Å²) >= 11 is 0. The highest BCUT2D eigenvalue weighted by atomic mass is 15.0. The average Bonchev–Trinajstić information content (AvgIpc) is 2.36. The van der Waals surface area contributed by atoms with Gasteiger partial charge in [-0.05, 0) is 32.1 Å². The number of anilines is 1. The van der Waals surface area contributed by atoms with Crippen molar-refractivity contribution in [2.24, 2.45) is 11.8 Å². The van der Waals surface area contributed by atoms with Crippen molar-refractivity contribution in [1.29, 1.82) is 0 Å². The topological polar surface area (TPSA) is 37.8 Å². The summed E-state index contributed by atoms with van der Waals surface area (Å²) < 4.78 is 0. The molecule has 1 N–H and O–H groups in total. The number of rotatable bonds is 4. The van der Waals surface area contributed by atoms with Gasteiger partial charge >= 0.3 is 0 Å². The van der Waals surface area contributed by atoms with E-state index in [0.717, 1.165) is 35.6 Å². The maximum atomic E-state index is 4.49. The van der Waals surface area contributed by atoms with Crippen molar-refractivity contribution in [3.8, 4) is 0 Å². The number of aromatic nitrogens is 2. The molecular weight excluding hydrogens is 222 g/mol. The predicted molar refractivity (Wildman–Crippen MR) is 75.7 cm³/mol. The summed E-state index contributed by atoms with van der Waals surface area (Å²) in [7, 11) is 0. The highest BCUT2D eigenvalue weighted by Crippen LogP contribution is 2.30. The van der Waals surface area contributed by atoms with Gasteiger partial charge in [-0.25, -0.2) is 4.98 Å². The van der Waals surface area contributed by atoms with Crippen molar-refractivity contribution < 1.29 is 0 Å². The molecule has 100 valence electrons. The van der Waals surface area contributed by atoms with E-state index in [1.807, 2.05) is 20.0 Å². The molecule has 1 aromatic rings. The summed E-state index contributed by atoms with van der Waals surface area (Å²) in [5.74, 6) is 2.77. The molecule has 0 saturated heterocycles. The predicted octanol–water partition coefficient (Wildman–Crippen LogP) is 3.72. The van der Waals surface area contributed by atoms with Crippen molar-refractivity contribution in [3.05, 3.63) is 17.6 Å². The second-order valence-electron chi connectivity index (χ2n) is 5.77. The first-order valence-electron chi connectivity index (χ1n) is 7.19. The minimum absolute atomic E-state index is 0.910. The van der Waals surface area contributed by atoms with E-state index in [-0.39, 0.29) is 0 Å². The molecule has 1 aromatic heterocycles. The quantitative estimate of drug-likeness (QED) is 0.881. The fourth-order valence-electron chi connectivity index (χ4n) is 2.65. The molecule has 3 heteroatoms. The zero-order chi connectivity index (χ0) is 13.0. The molecule has 3 nitrogen and oxygen atoms in total. The van der Waals surface area contributed by atoms with E-state index in [0.29, 0.717) is 0 Å². The lowest BCUT2D eigenvalue weighted by Gasteiger charge is -2.26. The third-order valence-corrected chi connectivity index (χ3v) is 4.19. The molecule has 2 rings (SSSR count). The Balaban J connectivity index is 1.73. The Morgan fingerprint density at radius 3 is 2.56 bits per heavy atom. The van der Waals surface area contributed by atoms with Crippen molar-refractivity contribution in [1.82, 2.24) is 9.97 Å². The summed E-state index contributed by atoms with van der Waals surface area (Å²) in [5.41, 5.74) is 2.04. The fraction of sp³-hybridized carbons (Fsp3) is 0.733. The maximum Gasteiger partial charge on any atom is 0.144 e. The zero-order valence-corrected chi connectivity index (χ0v) is 11.9. The fourth-order valence-corrected chi connectivity index (χ4v) is 2.65. The van der Waals surface area contributed by atoms with Gasteiger partial charge in [-0.2, -0.15) is 0 Å². The van der Waals surface area contributed by atoms with Crippen molar-refractivity contribution >= 4 is 5.82 Å². The molecule has 0 aromatic carbocycles. The Morgan fingerprint density at radius 2 is 1.89 bits per heavy atom. The Bertz CT molecular complexity index is 381. The van der Waals surface area contributed by atoms with Gasteiger partial charge in [0.15, 0.2) is 0 Å². The molecule has 1 heterocycles. The van der Waals surface area contributed by atoms with Crippen LogP contribution in [0.4, 0.5) is 5.82 Å². The van der Waals surface area contributed by atoms with Crippen molar-refractivity contribution in [2.75, 3.05) is 11.9 Å². The van der Waals surface area contributed by atoms with Gasteiger partial charge in [-0.1, -0.05) is 32.6 Å². The lowest BCUT2D eigenvalue weighted by molar-refractivity contribution is 0.282. The molecule has 0 unspecified atom stereocenters. The van der Waals surface area contributed by atoms with Crippen LogP contribution in [0.5, 0.6) is 0 Å². The summed E-state index contributed by atoms with van der Waals surface area (Å²) in [6.07, 6.45) is 8.73. The largest absolute Gasteiger partial charge is 0.369 e. The van der Waals surface area contributed by atoms with Gasteiger partial charge in [0.05, 0.1) is 17.6 Å². The summed E-state index contributed by atoms with van der Waals surface area (Å²) in [6, 6.07) is 0. The van der Waals surface area contributed by atoms with Gasteiger partial charge < -0.3 is 5.32 Å². The van der Waals surface area contributed by atoms with Crippen LogP contribution < -0.4 is 5.32 Å². The Labute approximate surface area is 110 Å². The number of nitrogens with one attached hydrogen (secondary N) is 1. The monoisotopic (exact) mass is 247 g/mol. The molecule has 0 aliphatic heterocycles. The molecular formula is C15H25N3. The van der Waals surface area contributed by atoms with E-state index >= 15 is 0 Å². The van der Waals surface area contributed by atoms with Crippen LogP contribution in [0.25, 0.3) is 0 Å². The van der Waals surface area contributed by atoms with E-state index < -0.39 is 0 Å². The first kappa shape index (κ1) is 13.3. The SMILES string of the molecule is Cc1ncc(NCCC2CCC(C)CC2)nc1C. The minimum Gasteiger partial charge on any atom is -0.369 e. The molecule has 0 bridgehead atoms. The van der Waals surface area contributed by atoms with Crippen LogP contribution in [0, 0.1) is 25.7 Å². The molecule has 0 amide bonds. The van der Waals surface area contributed by atoms with Gasteiger partial charge in [0.25, 0.3) is 0 Å². The molecule has 1 saturated carbocycles. The van der Waals surface area contributed by atoms with E-state index in [2.05, 4.69) is 22.2 Å². The molecule has 1 aliphatic rings. The second-order valence-corrected chi connectivity index (χ2v) is 5.77. The van der Waals surface area contributed by atoms with Gasteiger partial charge in [-0.3, -0.25) is 4.98 Å². The van der Waals surface area contributed by atoms with E-state index in [1.54, 1.807) is 0 Å². The first-order chi connectivity index (χ1) is 8.65. The van der Waals surface area contributed by atoms with Crippen LogP contribution in [0.1, 0.15) is 50.4 Å². The second kappa shape index (κ2) is 6.17. The average molecular weight is 247 g/mol. The van der Waals surface area contributed by atoms with Gasteiger partial charge in [0.2, 0.25) is 0 Å². The number of nitrogens with zero attached hydrogens (tertiary/aromatic N) is 2. The smallest absolute Gasteiger partial charge is 0.144 e. The zero-order valence-electron chi connectivity index (χ0n) is 11.9. The minimum atomic E-state index is 0.910. The van der Waals surface area contributed by atoms with Crippen LogP contribution in [0.15, 0.2) is 6.20 Å². The lowest BCUT2D eigenvalue weighted by Crippen LogP contribution is -2.16. The molecule has 1 fully saturated rings. The highest BCUT2D eigenvalue weighted by Gasteiger charge is 2.17. The van der Waals surface area contributed by atoms with Crippen LogP contribution >= 0.6 is 0 Å².